The third-order valence-corrected chi connectivity index (χ3v) is 7.31. The number of aromatic nitrogens is 1. The van der Waals surface area contributed by atoms with E-state index in [1.807, 2.05) is 18.2 Å². The van der Waals surface area contributed by atoms with Crippen molar-refractivity contribution in [3.63, 3.8) is 0 Å². The van der Waals surface area contributed by atoms with Gasteiger partial charge in [-0.05, 0) is 42.7 Å². The number of ether oxygens (including phenoxy) is 2. The number of hydrogen-bond donors (Lipinski definition) is 0. The second kappa shape index (κ2) is 8.78. The smallest absolute Gasteiger partial charge is 0.346 e. The Kier molecular flexibility index (Phi) is 6.69. The Hall–Kier alpha value is -0.720. The van der Waals surface area contributed by atoms with Gasteiger partial charge in [-0.2, -0.15) is 0 Å². The van der Waals surface area contributed by atoms with E-state index in [1.54, 1.807) is 18.0 Å². The quantitative estimate of drug-likeness (QED) is 0.695. The maximum Gasteiger partial charge on any atom is 0.346 e. The molecule has 0 radical (unpaired) electrons. The Balaban J connectivity index is 1.53. The summed E-state index contributed by atoms with van der Waals surface area (Å²) < 4.78 is 11.8. The van der Waals surface area contributed by atoms with E-state index < -0.39 is 5.44 Å². The molecule has 2 aliphatic rings. The van der Waals surface area contributed by atoms with Gasteiger partial charge in [0, 0.05) is 11.9 Å². The van der Waals surface area contributed by atoms with Crippen molar-refractivity contribution in [1.82, 2.24) is 4.98 Å². The fourth-order valence-electron chi connectivity index (χ4n) is 3.57. The standard InChI is InChI=1S/C19H27NO3S2/c1-12(2)14-8-7-13(3)10-15(14)22-18(21)19-23-17(11-24-19)25-16-6-4-5-9-20-16/h4-6,9,12-15,17,19H,7-8,10-11H2,1-3H3. The van der Waals surface area contributed by atoms with E-state index in [4.69, 9.17) is 9.47 Å². The van der Waals surface area contributed by atoms with Gasteiger partial charge in [0.2, 0.25) is 5.44 Å². The van der Waals surface area contributed by atoms with Gasteiger partial charge in [-0.15, -0.1) is 11.8 Å². The molecule has 1 aromatic rings. The summed E-state index contributed by atoms with van der Waals surface area (Å²) in [6, 6.07) is 5.81. The molecule has 5 atom stereocenters. The molecule has 0 spiro atoms. The van der Waals surface area contributed by atoms with Crippen molar-refractivity contribution in [2.75, 3.05) is 5.75 Å². The van der Waals surface area contributed by atoms with Crippen molar-refractivity contribution >= 4 is 29.5 Å². The Morgan fingerprint density at radius 3 is 2.96 bits per heavy atom. The summed E-state index contributed by atoms with van der Waals surface area (Å²) in [4.78, 5) is 16.9. The predicted octanol–water partition coefficient (Wildman–Crippen LogP) is 4.59. The number of carbonyl (C=O) groups is 1. The minimum Gasteiger partial charge on any atom is -0.459 e. The molecule has 5 unspecified atom stereocenters. The molecule has 2 fully saturated rings. The van der Waals surface area contributed by atoms with E-state index in [1.165, 1.54) is 18.2 Å². The molecule has 25 heavy (non-hydrogen) atoms. The van der Waals surface area contributed by atoms with E-state index >= 15 is 0 Å². The van der Waals surface area contributed by atoms with Crippen molar-refractivity contribution in [3.05, 3.63) is 24.4 Å². The second-order valence-electron chi connectivity index (χ2n) is 7.32. The summed E-state index contributed by atoms with van der Waals surface area (Å²) in [5.41, 5.74) is -0.560. The Bertz CT molecular complexity index is 569. The molecular weight excluding hydrogens is 354 g/mol. The van der Waals surface area contributed by atoms with Gasteiger partial charge in [0.25, 0.3) is 0 Å². The van der Waals surface area contributed by atoms with Crippen LogP contribution in [-0.4, -0.2) is 33.7 Å². The second-order valence-corrected chi connectivity index (χ2v) is 9.59. The van der Waals surface area contributed by atoms with E-state index in [-0.39, 0.29) is 17.5 Å². The van der Waals surface area contributed by atoms with Crippen LogP contribution in [0, 0.1) is 17.8 Å². The minimum absolute atomic E-state index is 0.0305. The van der Waals surface area contributed by atoms with Crippen molar-refractivity contribution in [2.45, 2.75) is 62.0 Å². The van der Waals surface area contributed by atoms with Crippen LogP contribution in [0.3, 0.4) is 0 Å². The average molecular weight is 382 g/mol. The molecule has 6 heteroatoms. The lowest BCUT2D eigenvalue weighted by Crippen LogP contribution is -2.38. The molecule has 1 aliphatic carbocycles. The highest BCUT2D eigenvalue weighted by molar-refractivity contribution is 8.04. The molecule has 1 aliphatic heterocycles. The highest BCUT2D eigenvalue weighted by Crippen LogP contribution is 2.38. The van der Waals surface area contributed by atoms with Crippen LogP contribution in [0.15, 0.2) is 29.4 Å². The molecule has 1 saturated carbocycles. The number of esters is 1. The molecule has 138 valence electrons. The monoisotopic (exact) mass is 381 g/mol. The van der Waals surface area contributed by atoms with Crippen molar-refractivity contribution in [3.8, 4) is 0 Å². The van der Waals surface area contributed by atoms with E-state index in [0.717, 1.165) is 23.6 Å². The van der Waals surface area contributed by atoms with Gasteiger partial charge in [0.15, 0.2) is 0 Å². The number of nitrogens with zero attached hydrogens (tertiary/aromatic N) is 1. The first-order chi connectivity index (χ1) is 12.0. The van der Waals surface area contributed by atoms with Crippen LogP contribution in [0.2, 0.25) is 0 Å². The van der Waals surface area contributed by atoms with Crippen LogP contribution in [0.1, 0.15) is 40.0 Å². The molecule has 1 saturated heterocycles. The van der Waals surface area contributed by atoms with Crippen LogP contribution in [0.4, 0.5) is 0 Å². The number of rotatable bonds is 5. The summed E-state index contributed by atoms with van der Waals surface area (Å²) in [6.45, 7) is 6.70. The summed E-state index contributed by atoms with van der Waals surface area (Å²) in [5.74, 6) is 2.19. The van der Waals surface area contributed by atoms with Gasteiger partial charge in [-0.3, -0.25) is 0 Å². The third-order valence-electron chi connectivity index (χ3n) is 4.97. The largest absolute Gasteiger partial charge is 0.459 e. The van der Waals surface area contributed by atoms with Crippen molar-refractivity contribution in [2.24, 2.45) is 17.8 Å². The summed E-state index contributed by atoms with van der Waals surface area (Å²) >= 11 is 3.09. The van der Waals surface area contributed by atoms with Crippen LogP contribution in [0.5, 0.6) is 0 Å². The number of carbonyl (C=O) groups excluding carboxylic acids is 1. The minimum atomic E-state index is -0.508. The molecule has 3 rings (SSSR count). The Labute approximate surface area is 158 Å². The summed E-state index contributed by atoms with van der Waals surface area (Å²) in [7, 11) is 0. The normalized spacial score (nSPS) is 32.7. The molecule has 1 aromatic heterocycles. The van der Waals surface area contributed by atoms with Gasteiger partial charge in [0.05, 0.1) is 5.03 Å². The average Bonchev–Trinajstić information content (AvgIpc) is 3.04. The summed E-state index contributed by atoms with van der Waals surface area (Å²) in [6.07, 6.45) is 5.15. The lowest BCUT2D eigenvalue weighted by Gasteiger charge is -2.37. The van der Waals surface area contributed by atoms with Crippen LogP contribution in [-0.2, 0) is 14.3 Å². The maximum absolute atomic E-state index is 12.6. The predicted molar refractivity (Wildman–Crippen MR) is 102 cm³/mol. The molecule has 0 bridgehead atoms. The number of thioether (sulfide) groups is 2. The highest BCUT2D eigenvalue weighted by atomic mass is 32.2. The zero-order chi connectivity index (χ0) is 17.8. The van der Waals surface area contributed by atoms with Crippen molar-refractivity contribution in [1.29, 1.82) is 0 Å². The molecule has 0 N–H and O–H groups in total. The number of pyridine rings is 1. The first-order valence-electron chi connectivity index (χ1n) is 9.08. The Morgan fingerprint density at radius 1 is 1.40 bits per heavy atom. The van der Waals surface area contributed by atoms with E-state index in [2.05, 4.69) is 25.8 Å². The SMILES string of the molecule is CC1CCC(C(C)C)C(OC(=O)C2OC(Sc3ccccn3)CS2)C1. The first kappa shape index (κ1) is 19.1. The first-order valence-corrected chi connectivity index (χ1v) is 11.0. The van der Waals surface area contributed by atoms with Crippen LogP contribution >= 0.6 is 23.5 Å². The van der Waals surface area contributed by atoms with Gasteiger partial charge in [0.1, 0.15) is 11.5 Å². The molecule has 0 amide bonds. The molecular formula is C19H27NO3S2. The Morgan fingerprint density at radius 2 is 2.24 bits per heavy atom. The highest BCUT2D eigenvalue weighted by Gasteiger charge is 2.38. The summed E-state index contributed by atoms with van der Waals surface area (Å²) in [5, 5.41) is 0.920. The molecule has 4 nitrogen and oxygen atoms in total. The van der Waals surface area contributed by atoms with Gasteiger partial charge in [-0.1, -0.05) is 45.0 Å². The fraction of sp³-hybridized carbons (Fsp3) is 0.684. The lowest BCUT2D eigenvalue weighted by molar-refractivity contribution is -0.163. The van der Waals surface area contributed by atoms with Gasteiger partial charge in [-0.25, -0.2) is 9.78 Å². The zero-order valence-corrected chi connectivity index (χ0v) is 16.7. The van der Waals surface area contributed by atoms with Crippen LogP contribution < -0.4 is 0 Å². The zero-order valence-electron chi connectivity index (χ0n) is 15.1. The molecule has 2 heterocycles. The lowest BCUT2D eigenvalue weighted by atomic mass is 9.75. The third kappa shape index (κ3) is 5.14. The maximum atomic E-state index is 12.6. The van der Waals surface area contributed by atoms with Crippen molar-refractivity contribution < 1.29 is 14.3 Å². The number of hydrogen-bond acceptors (Lipinski definition) is 6. The van der Waals surface area contributed by atoms with Crippen LogP contribution in [0.25, 0.3) is 0 Å². The van der Waals surface area contributed by atoms with Gasteiger partial charge < -0.3 is 9.47 Å². The van der Waals surface area contributed by atoms with Gasteiger partial charge >= 0.3 is 5.97 Å². The molecule has 0 aromatic carbocycles. The van der Waals surface area contributed by atoms with E-state index in [9.17, 15) is 4.79 Å². The fourth-order valence-corrected chi connectivity index (χ4v) is 5.68. The van der Waals surface area contributed by atoms with E-state index in [0.29, 0.717) is 17.8 Å². The topological polar surface area (TPSA) is 48.4 Å².